The van der Waals surface area contributed by atoms with Crippen molar-refractivity contribution in [1.29, 1.82) is 0 Å². The van der Waals surface area contributed by atoms with E-state index in [1.165, 1.54) is 78.5 Å². The highest BCUT2D eigenvalue weighted by Crippen LogP contribution is 2.40. The number of carbonyl (C=O) groups is 8. The molecule has 592 valence electrons. The van der Waals surface area contributed by atoms with Gasteiger partial charge in [0.25, 0.3) is 0 Å². The molecule has 0 radical (unpaired) electrons. The number of thioether (sulfide) groups is 1. The van der Waals surface area contributed by atoms with Gasteiger partial charge >= 0.3 is 30.2 Å². The average molecular weight is 1720 g/mol. The normalized spacial score (nSPS) is 11.6. The van der Waals surface area contributed by atoms with Crippen LogP contribution in [0.3, 0.4) is 0 Å². The standard InChI is InChI=1S/C11H13NO.C10H5F6NO.C9H5ClF3NO.C9H6F3NOS.C9H6F3NO.C8H4Cl2FNO.C8H5Cl2NO.C8H5ClFNO/c1-9(2)10-3-5-11(6-4-10)12-7-8-13;11-9(12,13)6-3-7(10(14,15)16)5-8(4-6)17-1-2-18;10-7-3-6(9(11,12)13)4-8(5-7)14-1-2-15;10-9(11,12)15-8-3-1-7(2-4-8)13-5-6-14;10-9(11,12)7-1-3-8(4-2-7)13-5-6-14;9-6-3-5(12-1-2-13)4-7(10)8(6)11;9-6-3-7(10)5-8(4-6)11-1-2-12;9-6-1-2-8(7(10)5-6)11-3-4-12/h3-9H,1-2H3;1-5H;1-5H;1-6H;1-6H;1-4H;2*1-5H. The van der Waals surface area contributed by atoms with Crippen LogP contribution >= 0.6 is 81.4 Å². The maximum atomic E-state index is 12.9. The van der Waals surface area contributed by atoms with Crippen LogP contribution in [0, 0.1) is 11.6 Å². The van der Waals surface area contributed by atoms with Crippen LogP contribution in [0.2, 0.25) is 30.1 Å². The summed E-state index contributed by atoms with van der Waals surface area (Å²) in [7, 11) is 0. The molecule has 8 aromatic rings. The van der Waals surface area contributed by atoms with Gasteiger partial charge in [0, 0.05) is 25.0 Å². The number of hydrogen-bond donors (Lipinski definition) is 0. The second kappa shape index (κ2) is 51.0. The molecule has 0 fully saturated rings. The van der Waals surface area contributed by atoms with Crippen molar-refractivity contribution in [2.75, 3.05) is 0 Å². The quantitative estimate of drug-likeness (QED) is 0.0261. The molecule has 0 aliphatic heterocycles. The Kier molecular flexibility index (Phi) is 45.3. The van der Waals surface area contributed by atoms with Crippen LogP contribution in [0.5, 0.6) is 0 Å². The number of hydrogen-bond acceptors (Lipinski definition) is 17. The number of alkyl halides is 15. The second-order valence-corrected chi connectivity index (χ2v) is 23.8. The summed E-state index contributed by atoms with van der Waals surface area (Å²) in [5, 5.41) is 0.984. The maximum Gasteiger partial charge on any atom is 0.446 e. The molecule has 0 atom stereocenters. The van der Waals surface area contributed by atoms with Gasteiger partial charge in [0.1, 0.15) is 5.82 Å². The van der Waals surface area contributed by atoms with Gasteiger partial charge in [-0.25, -0.2) is 8.78 Å². The lowest BCUT2D eigenvalue weighted by Gasteiger charge is -2.12. The summed E-state index contributed by atoms with van der Waals surface area (Å²) < 4.78 is 209. The molecule has 40 heteroatoms. The molecular weight excluding hydrogens is 1670 g/mol. The van der Waals surface area contributed by atoms with Gasteiger partial charge in [-0.05, 0) is 169 Å². The summed E-state index contributed by atoms with van der Waals surface area (Å²) in [6.07, 6.45) is -7.11. The second-order valence-electron chi connectivity index (χ2n) is 20.1. The lowest BCUT2D eigenvalue weighted by Crippen LogP contribution is -2.10. The highest BCUT2D eigenvalue weighted by Gasteiger charge is 2.37. The van der Waals surface area contributed by atoms with Gasteiger partial charge in [-0.1, -0.05) is 95.6 Å². The average Bonchev–Trinajstić information content (AvgIpc) is 0.809. The third kappa shape index (κ3) is 43.1. The molecule has 0 N–H and O–H groups in total. The number of carbonyl (C=O) groups excluding carboxylic acids is 8. The van der Waals surface area contributed by atoms with E-state index in [9.17, 15) is 113 Å². The van der Waals surface area contributed by atoms with Gasteiger partial charge in [-0.15, -0.1) is 0 Å². The maximum absolute atomic E-state index is 12.9. The predicted octanol–water partition coefficient (Wildman–Crippen LogP) is 23.7. The van der Waals surface area contributed by atoms with Crippen molar-refractivity contribution in [3.63, 3.8) is 0 Å². The smallest absolute Gasteiger partial charge is 0.297 e. The molecule has 0 aliphatic rings. The largest absolute Gasteiger partial charge is 0.446 e. The lowest BCUT2D eigenvalue weighted by molar-refractivity contribution is -0.143. The molecule has 0 heterocycles. The van der Waals surface area contributed by atoms with E-state index in [-0.39, 0.29) is 55.5 Å². The molecule has 16 nitrogen and oxygen atoms in total. The minimum Gasteiger partial charge on any atom is -0.297 e. The van der Waals surface area contributed by atoms with Crippen LogP contribution in [0.1, 0.15) is 47.6 Å². The molecule has 8 aromatic carbocycles. The lowest BCUT2D eigenvalue weighted by atomic mass is 10.0. The first-order valence-corrected chi connectivity index (χ1v) is 32.7. The summed E-state index contributed by atoms with van der Waals surface area (Å²) in [5.41, 5.74) is -5.62. The Morgan fingerprint density at radius 3 is 0.929 bits per heavy atom. The monoisotopic (exact) mass is 1720 g/mol. The Bertz CT molecular complexity index is 4570. The van der Waals surface area contributed by atoms with Crippen molar-refractivity contribution in [2.45, 2.75) is 54.9 Å². The Labute approximate surface area is 658 Å². The highest BCUT2D eigenvalue weighted by molar-refractivity contribution is 8.00. The van der Waals surface area contributed by atoms with Gasteiger partial charge in [0.2, 0.25) is 0 Å². The van der Waals surface area contributed by atoms with Gasteiger partial charge in [0.15, 0.2) is 56.1 Å². The van der Waals surface area contributed by atoms with E-state index in [0.29, 0.717) is 106 Å². The van der Waals surface area contributed by atoms with Gasteiger partial charge in [0.05, 0.1) is 128 Å². The summed E-state index contributed by atoms with van der Waals surface area (Å²) in [6.45, 7) is 4.29. The molecule has 0 bridgehead atoms. The van der Waals surface area contributed by atoms with Crippen molar-refractivity contribution >= 4 is 227 Å². The summed E-state index contributed by atoms with van der Waals surface area (Å²) in [5.74, 6) is -0.696. The van der Waals surface area contributed by atoms with Gasteiger partial charge in [-0.3, -0.25) is 78.3 Å². The first kappa shape index (κ1) is 99.4. The fourth-order valence-corrected chi connectivity index (χ4v) is 8.90. The molecule has 0 aromatic heterocycles. The summed E-state index contributed by atoms with van der Waals surface area (Å²) in [6, 6.07) is 32.6. The molecule has 112 heavy (non-hydrogen) atoms. The van der Waals surface area contributed by atoms with E-state index in [4.69, 9.17) is 69.6 Å². The minimum absolute atomic E-state index is 0.0121. The molecular formula is C72H49Cl6F17N8O8S. The summed E-state index contributed by atoms with van der Waals surface area (Å²) >= 11 is 33.1. The van der Waals surface area contributed by atoms with E-state index in [1.807, 2.05) is 24.3 Å². The molecule has 8 rings (SSSR count). The zero-order valence-corrected chi connectivity index (χ0v) is 61.6. The highest BCUT2D eigenvalue weighted by atomic mass is 35.5. The number of nitrogens with zero attached hydrogens (tertiary/aromatic N) is 8. The van der Waals surface area contributed by atoms with Crippen LogP contribution in [0.4, 0.5) is 120 Å². The number of halogens is 23. The fraction of sp³-hybridized carbons (Fsp3) is 0.111. The van der Waals surface area contributed by atoms with Gasteiger partial charge < -0.3 is 0 Å². The number of aldehydes is 8. The molecule has 0 saturated carbocycles. The molecule has 0 unspecified atom stereocenters. The molecule has 0 saturated heterocycles. The Morgan fingerprint density at radius 1 is 0.304 bits per heavy atom. The number of benzene rings is 8. The molecule has 0 aliphatic carbocycles. The fourth-order valence-electron chi connectivity index (χ4n) is 6.98. The van der Waals surface area contributed by atoms with Crippen LogP contribution in [0.15, 0.2) is 203 Å². The van der Waals surface area contributed by atoms with Crippen molar-refractivity contribution in [1.82, 2.24) is 0 Å². The van der Waals surface area contributed by atoms with E-state index < -0.39 is 69.8 Å². The van der Waals surface area contributed by atoms with Crippen molar-refractivity contribution in [3.8, 4) is 0 Å². The third-order valence-corrected chi connectivity index (χ3v) is 13.8. The third-order valence-electron chi connectivity index (χ3n) is 11.6. The van der Waals surface area contributed by atoms with Crippen LogP contribution in [-0.4, -0.2) is 106 Å². The van der Waals surface area contributed by atoms with Crippen molar-refractivity contribution < 1.29 is 113 Å². The predicted molar refractivity (Wildman–Crippen MR) is 401 cm³/mol. The first-order chi connectivity index (χ1) is 52.5. The minimum atomic E-state index is -4.92. The van der Waals surface area contributed by atoms with E-state index in [1.54, 1.807) is 18.2 Å². The van der Waals surface area contributed by atoms with Crippen molar-refractivity contribution in [3.05, 3.63) is 227 Å². The number of aliphatic imine (C=N–C) groups is 8. The summed E-state index contributed by atoms with van der Waals surface area (Å²) in [4.78, 5) is 108. The van der Waals surface area contributed by atoms with Gasteiger partial charge in [-0.2, -0.15) is 65.9 Å². The van der Waals surface area contributed by atoms with Crippen LogP contribution in [-0.2, 0) is 63.1 Å². The topological polar surface area (TPSA) is 235 Å². The Morgan fingerprint density at radius 2 is 0.598 bits per heavy atom. The zero-order chi connectivity index (χ0) is 84.8. The Balaban J connectivity index is 0.000000642. The van der Waals surface area contributed by atoms with E-state index in [0.717, 1.165) is 73.3 Å². The zero-order valence-electron chi connectivity index (χ0n) is 56.3. The molecule has 0 spiro atoms. The van der Waals surface area contributed by atoms with E-state index >= 15 is 0 Å². The Hall–Kier alpha value is -10.6. The van der Waals surface area contributed by atoms with E-state index in [2.05, 4.69) is 53.8 Å². The molecule has 0 amide bonds. The van der Waals surface area contributed by atoms with Crippen LogP contribution in [0.25, 0.3) is 0 Å². The first-order valence-electron chi connectivity index (χ1n) is 29.7. The van der Waals surface area contributed by atoms with Crippen molar-refractivity contribution in [2.24, 2.45) is 39.9 Å². The SMILES string of the molecule is CC(C)c1ccc(N=CC=O)cc1.O=CC=Nc1cc(C(F)(F)F)cc(C(F)(F)F)c1.O=CC=Nc1cc(Cl)c(F)c(Cl)c1.O=CC=Nc1cc(Cl)cc(C(F)(F)F)c1.O=CC=Nc1cc(Cl)cc(Cl)c1.O=CC=Nc1ccc(C(F)(F)F)cc1.O=CC=Nc1ccc(Cl)cc1F.O=CC=Nc1ccc(SC(F)(F)F)cc1. The van der Waals surface area contributed by atoms with Crippen LogP contribution < -0.4 is 0 Å². The number of rotatable bonds is 18.